The Labute approximate surface area is 61.8 Å². The molecule has 0 aromatic rings. The highest BCUT2D eigenvalue weighted by molar-refractivity contribution is 14.1. The third-order valence-corrected chi connectivity index (χ3v) is 0.924. The van der Waals surface area contributed by atoms with Crippen molar-refractivity contribution in [2.24, 2.45) is 8.94 Å². The Bertz CT molecular complexity index is 99.1. The SMILES string of the molecule is NC(/C=N\I)=C/S. The number of thiol groups is 1. The van der Waals surface area contributed by atoms with Crippen LogP contribution in [0.5, 0.6) is 0 Å². The molecule has 0 aromatic carbocycles. The Morgan fingerprint density at radius 2 is 2.43 bits per heavy atom. The van der Waals surface area contributed by atoms with Gasteiger partial charge in [-0.15, -0.1) is 12.6 Å². The van der Waals surface area contributed by atoms with Gasteiger partial charge in [0.15, 0.2) is 0 Å². The van der Waals surface area contributed by atoms with Crippen LogP contribution in [-0.4, -0.2) is 6.21 Å². The molecule has 0 saturated heterocycles. The van der Waals surface area contributed by atoms with E-state index in [1.807, 2.05) is 22.9 Å². The second kappa shape index (κ2) is 4.45. The van der Waals surface area contributed by atoms with Crippen molar-refractivity contribution < 1.29 is 0 Å². The van der Waals surface area contributed by atoms with E-state index in [0.717, 1.165) is 0 Å². The van der Waals surface area contributed by atoms with Gasteiger partial charge >= 0.3 is 0 Å². The third kappa shape index (κ3) is 4.14. The average Bonchev–Trinajstić information content (AvgIpc) is 1.68. The van der Waals surface area contributed by atoms with Gasteiger partial charge in [-0.05, 0) is 5.41 Å². The fourth-order valence-corrected chi connectivity index (χ4v) is 0.478. The lowest BCUT2D eigenvalue weighted by atomic mass is 10.6. The van der Waals surface area contributed by atoms with Gasteiger partial charge in [0, 0.05) is 0 Å². The molecule has 0 spiro atoms. The number of nitrogens with two attached hydrogens (primary N) is 1. The lowest BCUT2D eigenvalue weighted by molar-refractivity contribution is 1.53. The largest absolute Gasteiger partial charge is 0.397 e. The second-order valence-corrected chi connectivity index (χ2v) is 1.67. The van der Waals surface area contributed by atoms with Crippen molar-refractivity contribution in [1.29, 1.82) is 0 Å². The van der Waals surface area contributed by atoms with Crippen LogP contribution in [0.15, 0.2) is 14.3 Å². The molecule has 0 aromatic heterocycles. The summed E-state index contributed by atoms with van der Waals surface area (Å²) in [5.41, 5.74) is 5.78. The number of hydrogen-bond acceptors (Lipinski definition) is 3. The van der Waals surface area contributed by atoms with Crippen LogP contribution < -0.4 is 5.73 Å². The molecule has 0 aliphatic carbocycles. The normalized spacial score (nSPS) is 13.1. The molecule has 7 heavy (non-hydrogen) atoms. The van der Waals surface area contributed by atoms with E-state index in [4.69, 9.17) is 5.73 Å². The van der Waals surface area contributed by atoms with Crippen LogP contribution in [0.2, 0.25) is 0 Å². The molecule has 0 aliphatic heterocycles. The minimum atomic E-state index is 0.567. The van der Waals surface area contributed by atoms with Crippen molar-refractivity contribution >= 4 is 41.7 Å². The van der Waals surface area contributed by atoms with Gasteiger partial charge in [0.25, 0.3) is 0 Å². The molecule has 0 unspecified atom stereocenters. The van der Waals surface area contributed by atoms with Crippen molar-refractivity contribution in [3.05, 3.63) is 11.1 Å². The lowest BCUT2D eigenvalue weighted by Gasteiger charge is -1.80. The molecule has 0 bridgehead atoms. The molecule has 0 atom stereocenters. The minimum Gasteiger partial charge on any atom is -0.397 e. The van der Waals surface area contributed by atoms with E-state index < -0.39 is 0 Å². The summed E-state index contributed by atoms with van der Waals surface area (Å²) in [7, 11) is 0. The van der Waals surface area contributed by atoms with E-state index in [1.54, 1.807) is 0 Å². The zero-order chi connectivity index (χ0) is 5.70. The number of nitrogens with zero attached hydrogens (tertiary/aromatic N) is 1. The summed E-state index contributed by atoms with van der Waals surface area (Å²) in [6.45, 7) is 0. The first-order valence-electron chi connectivity index (χ1n) is 1.55. The fraction of sp³-hybridized carbons (Fsp3) is 0. The van der Waals surface area contributed by atoms with Gasteiger partial charge in [-0.25, -0.2) is 3.21 Å². The molecule has 0 amide bonds. The van der Waals surface area contributed by atoms with E-state index in [0.29, 0.717) is 5.70 Å². The molecule has 2 N–H and O–H groups in total. The van der Waals surface area contributed by atoms with Crippen LogP contribution in [0.1, 0.15) is 0 Å². The van der Waals surface area contributed by atoms with E-state index in [1.165, 1.54) is 11.6 Å². The van der Waals surface area contributed by atoms with Crippen LogP contribution >= 0.6 is 35.5 Å². The van der Waals surface area contributed by atoms with Gasteiger partial charge in [0.2, 0.25) is 0 Å². The van der Waals surface area contributed by atoms with Gasteiger partial charge in [-0.2, -0.15) is 0 Å². The molecule has 40 valence electrons. The standard InChI is InChI=1S/C3H5IN2S/c4-6-1-3(5)2-7/h1-2,7H,5H2/b3-2+,6-1-. The maximum atomic E-state index is 5.21. The molecule has 4 heteroatoms. The van der Waals surface area contributed by atoms with Crippen LogP contribution in [0.25, 0.3) is 0 Å². The summed E-state index contributed by atoms with van der Waals surface area (Å²) in [5, 5.41) is 1.49. The van der Waals surface area contributed by atoms with E-state index in [9.17, 15) is 0 Å². The van der Waals surface area contributed by atoms with Crippen molar-refractivity contribution in [2.45, 2.75) is 0 Å². The summed E-state index contributed by atoms with van der Waals surface area (Å²) in [6.07, 6.45) is 1.52. The zero-order valence-corrected chi connectivity index (χ0v) is 6.56. The minimum absolute atomic E-state index is 0.567. The van der Waals surface area contributed by atoms with Crippen LogP contribution in [-0.2, 0) is 0 Å². The van der Waals surface area contributed by atoms with Gasteiger partial charge in [0.1, 0.15) is 0 Å². The van der Waals surface area contributed by atoms with E-state index in [2.05, 4.69) is 15.8 Å². The summed E-state index contributed by atoms with van der Waals surface area (Å²) in [5.74, 6) is 0. The highest BCUT2D eigenvalue weighted by Gasteiger charge is 1.72. The monoisotopic (exact) mass is 228 g/mol. The molecule has 0 saturated carbocycles. The Morgan fingerprint density at radius 1 is 1.86 bits per heavy atom. The first kappa shape index (κ1) is 7.29. The maximum Gasteiger partial charge on any atom is 0.0831 e. The fourth-order valence-electron chi connectivity index (χ4n) is 0.0897. The van der Waals surface area contributed by atoms with E-state index >= 15 is 0 Å². The van der Waals surface area contributed by atoms with Crippen LogP contribution in [0.3, 0.4) is 0 Å². The summed E-state index contributed by atoms with van der Waals surface area (Å²) in [4.78, 5) is 0. The lowest BCUT2D eigenvalue weighted by Crippen LogP contribution is -1.94. The van der Waals surface area contributed by atoms with Crippen molar-refractivity contribution in [3.8, 4) is 0 Å². The Hall–Kier alpha value is 0.290. The first-order chi connectivity index (χ1) is 3.31. The first-order valence-corrected chi connectivity index (χ1v) is 3.03. The summed E-state index contributed by atoms with van der Waals surface area (Å²) < 4.78 is 3.61. The molecular weight excluding hydrogens is 223 g/mol. The predicted octanol–water partition coefficient (Wildman–Crippen LogP) is 1.14. The highest BCUT2D eigenvalue weighted by Crippen LogP contribution is 1.85. The van der Waals surface area contributed by atoms with Crippen molar-refractivity contribution in [3.63, 3.8) is 0 Å². The van der Waals surface area contributed by atoms with Crippen molar-refractivity contribution in [2.75, 3.05) is 0 Å². The van der Waals surface area contributed by atoms with Crippen molar-refractivity contribution in [1.82, 2.24) is 0 Å². The second-order valence-electron chi connectivity index (χ2n) is 0.856. The molecule has 0 heterocycles. The number of halogens is 1. The quantitative estimate of drug-likeness (QED) is 0.394. The molecule has 0 rings (SSSR count). The summed E-state index contributed by atoms with van der Waals surface area (Å²) >= 11 is 5.61. The number of allylic oxidation sites excluding steroid dienone is 1. The highest BCUT2D eigenvalue weighted by atomic mass is 127. The molecular formula is C3H5IN2S. The maximum absolute atomic E-state index is 5.21. The topological polar surface area (TPSA) is 38.4 Å². The van der Waals surface area contributed by atoms with Gasteiger partial charge in [-0.3, -0.25) is 0 Å². The average molecular weight is 228 g/mol. The summed E-state index contributed by atoms with van der Waals surface area (Å²) in [6, 6.07) is 0. The Morgan fingerprint density at radius 3 is 2.57 bits per heavy atom. The van der Waals surface area contributed by atoms with Gasteiger partial charge in [0.05, 0.1) is 34.8 Å². The van der Waals surface area contributed by atoms with E-state index in [-0.39, 0.29) is 0 Å². The number of hydrogen-bond donors (Lipinski definition) is 2. The van der Waals surface area contributed by atoms with Gasteiger partial charge in [-0.1, -0.05) is 0 Å². The Kier molecular flexibility index (Phi) is 4.63. The zero-order valence-electron chi connectivity index (χ0n) is 3.50. The molecule has 0 aliphatic rings. The predicted molar refractivity (Wildman–Crippen MR) is 43.8 cm³/mol. The van der Waals surface area contributed by atoms with Crippen LogP contribution in [0.4, 0.5) is 0 Å². The molecule has 2 nitrogen and oxygen atoms in total. The Balaban J connectivity index is 3.58. The molecule has 0 fully saturated rings. The smallest absolute Gasteiger partial charge is 0.0831 e. The van der Waals surface area contributed by atoms with Gasteiger partial charge < -0.3 is 5.73 Å². The van der Waals surface area contributed by atoms with Crippen LogP contribution in [0, 0.1) is 0 Å². The third-order valence-electron chi connectivity index (χ3n) is 0.347. The number of rotatable bonds is 1. The molecule has 0 radical (unpaired) electrons.